The zero-order valence-electron chi connectivity index (χ0n) is 37.9. The van der Waals surface area contributed by atoms with Crippen LogP contribution in [0.2, 0.25) is 0 Å². The van der Waals surface area contributed by atoms with Crippen molar-refractivity contribution in [2.75, 3.05) is 31.7 Å². The predicted octanol–water partition coefficient (Wildman–Crippen LogP) is 15.5. The van der Waals surface area contributed by atoms with E-state index in [4.69, 9.17) is 9.47 Å². The Balaban J connectivity index is 2.03. The summed E-state index contributed by atoms with van der Waals surface area (Å²) in [5.74, 6) is 5.78. The molecule has 0 saturated carbocycles. The van der Waals surface area contributed by atoms with Crippen molar-refractivity contribution in [1.29, 1.82) is 0 Å². The Labute approximate surface area is 333 Å². The Morgan fingerprint density at radius 3 is 1.68 bits per heavy atom. The van der Waals surface area contributed by atoms with E-state index in [-0.39, 0.29) is 19.3 Å². The maximum absolute atomic E-state index is 13.6. The van der Waals surface area contributed by atoms with E-state index >= 15 is 0 Å². The standard InChI is InChI=1S/C49H93O3P/c1-14-18-40(7)28-43(10)29-44(11)51-26-24-48(13)34-49(33-47(12,23-15-2)35-53(36-48)37-49)25-27-52-46(50)32-45(30-41(8)21-16-19-38(3)4)31-42(9)22-17-20-39(5)6/h38-43,45H,11,14-37H2,1-10,12-13H3. The van der Waals surface area contributed by atoms with Crippen LogP contribution in [0, 0.1) is 57.7 Å². The van der Waals surface area contributed by atoms with Gasteiger partial charge in [-0.05, 0) is 128 Å². The number of fused-ring (bicyclic) bond motifs is 2. The third-order valence-electron chi connectivity index (χ3n) is 13.2. The molecule has 2 aliphatic rings. The highest BCUT2D eigenvalue weighted by molar-refractivity contribution is 7.58. The first kappa shape index (κ1) is 48.6. The van der Waals surface area contributed by atoms with E-state index in [2.05, 4.69) is 89.7 Å². The Morgan fingerprint density at radius 1 is 0.623 bits per heavy atom. The third kappa shape index (κ3) is 19.9. The summed E-state index contributed by atoms with van der Waals surface area (Å²) < 4.78 is 12.6. The summed E-state index contributed by atoms with van der Waals surface area (Å²) >= 11 is 0. The minimum atomic E-state index is -0.0211. The molecule has 8 unspecified atom stereocenters. The molecule has 0 radical (unpaired) electrons. The van der Waals surface area contributed by atoms with Crippen molar-refractivity contribution >= 4 is 13.9 Å². The van der Waals surface area contributed by atoms with Gasteiger partial charge >= 0.3 is 5.97 Å². The van der Waals surface area contributed by atoms with E-state index in [1.807, 2.05) is 0 Å². The van der Waals surface area contributed by atoms with Crippen LogP contribution >= 0.6 is 7.92 Å². The number of hydrogen-bond acceptors (Lipinski definition) is 3. The molecule has 0 aromatic heterocycles. The lowest BCUT2D eigenvalue weighted by molar-refractivity contribution is -0.146. The average Bonchev–Trinajstić information content (AvgIpc) is 2.99. The number of esters is 1. The van der Waals surface area contributed by atoms with Gasteiger partial charge in [-0.2, -0.15) is 0 Å². The predicted molar refractivity (Wildman–Crippen MR) is 235 cm³/mol. The SMILES string of the molecule is C=C(CC(C)CC(C)CCC)OCCC1(C)CP2CC(C)(CCC)CC(CCOC(=O)CC(CC(C)CCCC(C)C)CC(C)CCCC(C)C)(C2)C1. The summed E-state index contributed by atoms with van der Waals surface area (Å²) in [6.45, 7) is 34.5. The second-order valence-electron chi connectivity index (χ2n) is 21.3. The molecule has 0 spiro atoms. The van der Waals surface area contributed by atoms with E-state index in [9.17, 15) is 4.79 Å². The number of rotatable bonds is 29. The Hall–Kier alpha value is -0.560. The fourth-order valence-electron chi connectivity index (χ4n) is 11.3. The number of hydrogen-bond donors (Lipinski definition) is 0. The molecule has 4 heteroatoms. The van der Waals surface area contributed by atoms with Crippen molar-refractivity contribution < 1.29 is 14.3 Å². The molecule has 2 fully saturated rings. The lowest BCUT2D eigenvalue weighted by Crippen LogP contribution is -2.49. The van der Waals surface area contributed by atoms with Gasteiger partial charge in [0.25, 0.3) is 0 Å². The second-order valence-corrected chi connectivity index (χ2v) is 23.6. The summed E-state index contributed by atoms with van der Waals surface area (Å²) in [5.41, 5.74) is 1.02. The van der Waals surface area contributed by atoms with Gasteiger partial charge in [0.2, 0.25) is 0 Å². The van der Waals surface area contributed by atoms with Gasteiger partial charge in [0.1, 0.15) is 0 Å². The highest BCUT2D eigenvalue weighted by Crippen LogP contribution is 2.67. The van der Waals surface area contributed by atoms with Crippen molar-refractivity contribution in [1.82, 2.24) is 0 Å². The van der Waals surface area contributed by atoms with Crippen LogP contribution in [0.25, 0.3) is 0 Å². The van der Waals surface area contributed by atoms with Crippen molar-refractivity contribution in [3.05, 3.63) is 12.3 Å². The largest absolute Gasteiger partial charge is 0.499 e. The summed E-state index contributed by atoms with van der Waals surface area (Å²) in [7, 11) is -0.0211. The first-order chi connectivity index (χ1) is 24.9. The Morgan fingerprint density at radius 2 is 1.15 bits per heavy atom. The topological polar surface area (TPSA) is 35.5 Å². The van der Waals surface area contributed by atoms with Crippen LogP contribution in [-0.2, 0) is 14.3 Å². The minimum Gasteiger partial charge on any atom is -0.499 e. The number of carbonyl (C=O) groups excluding carboxylic acids is 1. The maximum atomic E-state index is 13.6. The summed E-state index contributed by atoms with van der Waals surface area (Å²) in [5, 5.41) is 0. The third-order valence-corrected chi connectivity index (χ3v) is 16.7. The lowest BCUT2D eigenvalue weighted by Gasteiger charge is -2.58. The zero-order valence-corrected chi connectivity index (χ0v) is 38.8. The van der Waals surface area contributed by atoms with E-state index < -0.39 is 0 Å². The molecule has 2 saturated heterocycles. The molecule has 0 amide bonds. The fraction of sp³-hybridized carbons (Fsp3) is 0.939. The fourth-order valence-corrected chi connectivity index (χ4v) is 15.7. The first-order valence-electron chi connectivity index (χ1n) is 23.1. The Bertz CT molecular complexity index is 1000. The molecule has 53 heavy (non-hydrogen) atoms. The van der Waals surface area contributed by atoms with Crippen LogP contribution in [0.15, 0.2) is 12.3 Å². The van der Waals surface area contributed by atoms with Crippen molar-refractivity contribution in [3.8, 4) is 0 Å². The van der Waals surface area contributed by atoms with Crippen LogP contribution in [0.5, 0.6) is 0 Å². The second kappa shape index (κ2) is 24.3. The molecule has 8 atom stereocenters. The van der Waals surface area contributed by atoms with Gasteiger partial charge in [-0.15, -0.1) is 7.92 Å². The van der Waals surface area contributed by atoms with Crippen molar-refractivity contribution in [2.24, 2.45) is 57.7 Å². The first-order valence-corrected chi connectivity index (χ1v) is 25.0. The number of carbonyl (C=O) groups is 1. The maximum Gasteiger partial charge on any atom is 0.306 e. The lowest BCUT2D eigenvalue weighted by atomic mass is 9.62. The highest BCUT2D eigenvalue weighted by atomic mass is 31.1. The molecule has 0 aromatic rings. The summed E-state index contributed by atoms with van der Waals surface area (Å²) in [6.07, 6.45) is 27.0. The summed E-state index contributed by atoms with van der Waals surface area (Å²) in [4.78, 5) is 13.6. The van der Waals surface area contributed by atoms with E-state index in [0.29, 0.717) is 47.5 Å². The molecule has 2 bridgehead atoms. The van der Waals surface area contributed by atoms with Gasteiger partial charge in [0.15, 0.2) is 0 Å². The average molecular weight is 761 g/mol. The Kier molecular flexibility index (Phi) is 22.2. The van der Waals surface area contributed by atoms with Gasteiger partial charge in [-0.3, -0.25) is 4.79 Å². The molecule has 3 nitrogen and oxygen atoms in total. The molecule has 2 aliphatic heterocycles. The molecule has 0 aliphatic carbocycles. The summed E-state index contributed by atoms with van der Waals surface area (Å²) in [6, 6.07) is 0. The normalized spacial score (nSPS) is 27.3. The van der Waals surface area contributed by atoms with Crippen LogP contribution in [0.1, 0.15) is 205 Å². The van der Waals surface area contributed by atoms with Crippen molar-refractivity contribution in [3.63, 3.8) is 0 Å². The van der Waals surface area contributed by atoms with Gasteiger partial charge in [-0.25, -0.2) is 0 Å². The van der Waals surface area contributed by atoms with Gasteiger partial charge in [-0.1, -0.05) is 147 Å². The van der Waals surface area contributed by atoms with Gasteiger partial charge in [0.05, 0.1) is 19.0 Å². The highest BCUT2D eigenvalue weighted by Gasteiger charge is 2.53. The van der Waals surface area contributed by atoms with Gasteiger partial charge < -0.3 is 9.47 Å². The van der Waals surface area contributed by atoms with Gasteiger partial charge in [0, 0.05) is 12.8 Å². The van der Waals surface area contributed by atoms with Crippen molar-refractivity contribution in [2.45, 2.75) is 205 Å². The molecule has 0 N–H and O–H groups in total. The molecular formula is C49H93O3P. The number of ether oxygens (including phenoxy) is 2. The van der Waals surface area contributed by atoms with Crippen LogP contribution in [-0.4, -0.2) is 37.7 Å². The van der Waals surface area contributed by atoms with Crippen LogP contribution in [0.4, 0.5) is 0 Å². The minimum absolute atomic E-state index is 0.0211. The number of allylic oxidation sites excluding steroid dienone is 1. The molecule has 312 valence electrons. The van der Waals surface area contributed by atoms with Crippen LogP contribution < -0.4 is 0 Å². The van der Waals surface area contributed by atoms with Crippen LogP contribution in [0.3, 0.4) is 0 Å². The quantitative estimate of drug-likeness (QED) is 0.0433. The zero-order chi connectivity index (χ0) is 39.7. The van der Waals surface area contributed by atoms with E-state index in [1.165, 1.54) is 102 Å². The molecule has 2 heterocycles. The smallest absolute Gasteiger partial charge is 0.306 e. The molecule has 0 aromatic carbocycles. The van der Waals surface area contributed by atoms with E-state index in [1.54, 1.807) is 0 Å². The molecular weight excluding hydrogens is 668 g/mol. The van der Waals surface area contributed by atoms with E-state index in [0.717, 1.165) is 62.2 Å². The molecule has 2 rings (SSSR count). The monoisotopic (exact) mass is 761 g/mol.